The molecule has 0 saturated heterocycles. The standard InChI is InChI=1S/C86H54N4OS/c1-2-80-87-73-29-12-14-31-75(73)89(80)58-42-35-52(36-43-58)81-63-23-6-7-24-64(63)83(57-41-46-62-61-22-11-17-34-78(61)92-79(62)51-57)67-47-39-55(49-71(67)81)56-40-48-68-72(50-56)82(53-37-44-59(45-38-53)90-76-32-15-13-30-74(76)88-86(90)54-19-4-3-5-20-54)65-25-8-9-26-66(65)84(68)70-28-18-27-69-60-21-10-16-33-77(60)91-85(69)70/h3-51H,2H2,1H3. The maximum atomic E-state index is 6.90. The van der Waals surface area contributed by atoms with E-state index in [1.165, 1.54) is 64.0 Å². The number of hydrogen-bond acceptors (Lipinski definition) is 4. The number of fused-ring (bicyclic) bond motifs is 12. The van der Waals surface area contributed by atoms with Gasteiger partial charge in [0.25, 0.3) is 0 Å². The van der Waals surface area contributed by atoms with Crippen LogP contribution >= 0.6 is 11.3 Å². The van der Waals surface area contributed by atoms with Gasteiger partial charge >= 0.3 is 0 Å². The lowest BCUT2D eigenvalue weighted by atomic mass is 9.83. The predicted octanol–water partition coefficient (Wildman–Crippen LogP) is 23.8. The van der Waals surface area contributed by atoms with Crippen LogP contribution in [0.15, 0.2) is 302 Å². The van der Waals surface area contributed by atoms with Crippen molar-refractivity contribution in [2.75, 3.05) is 0 Å². The fraction of sp³-hybridized carbons (Fsp3) is 0.0233. The highest BCUT2D eigenvalue weighted by Crippen LogP contribution is 2.50. The molecule has 19 aromatic rings. The van der Waals surface area contributed by atoms with Gasteiger partial charge in [-0.3, -0.25) is 9.13 Å². The number of nitrogens with zero attached hydrogens (tertiary/aromatic N) is 4. The highest BCUT2D eigenvalue weighted by molar-refractivity contribution is 7.25. The Bertz CT molecular complexity index is 6220. The van der Waals surface area contributed by atoms with Gasteiger partial charge in [-0.2, -0.15) is 0 Å². The SMILES string of the molecule is CCc1nc2ccccc2n1-c1ccc(-c2c3ccccc3c(-c3ccc4c(c3)sc3ccccc34)c3ccc(-c4ccc5c(-c6cccc7c6oc6ccccc67)c6ccccc6c(-c6ccc(-n7c(-c8ccccc8)nc8ccccc87)cc6)c5c4)cc23)cc1. The number of hydrogen-bond donors (Lipinski definition) is 0. The summed E-state index contributed by atoms with van der Waals surface area (Å²) in [6.07, 6.45) is 0.820. The van der Waals surface area contributed by atoms with E-state index in [0.29, 0.717) is 0 Å². The zero-order valence-electron chi connectivity index (χ0n) is 50.1. The molecule has 0 saturated carbocycles. The van der Waals surface area contributed by atoms with Crippen molar-refractivity contribution in [3.8, 4) is 78.4 Å². The summed E-state index contributed by atoms with van der Waals surface area (Å²) in [6.45, 7) is 2.19. The Kier molecular flexibility index (Phi) is 11.8. The minimum atomic E-state index is 0.820. The molecule has 0 radical (unpaired) electrons. The molecule has 0 aliphatic heterocycles. The van der Waals surface area contributed by atoms with E-state index >= 15 is 0 Å². The molecule has 0 unspecified atom stereocenters. The first-order valence-corrected chi connectivity index (χ1v) is 32.4. The smallest absolute Gasteiger partial charge is 0.145 e. The monoisotopic (exact) mass is 1190 g/mol. The lowest BCUT2D eigenvalue weighted by Crippen LogP contribution is -2.00. The minimum absolute atomic E-state index is 0.820. The van der Waals surface area contributed by atoms with Crippen molar-refractivity contribution >= 4 is 119 Å². The Balaban J connectivity index is 0.855. The summed E-state index contributed by atoms with van der Waals surface area (Å²) in [5.41, 5.74) is 20.7. The third-order valence-corrected chi connectivity index (χ3v) is 20.2. The molecule has 430 valence electrons. The number of aromatic nitrogens is 4. The number of imidazole rings is 2. The van der Waals surface area contributed by atoms with Crippen molar-refractivity contribution in [2.45, 2.75) is 13.3 Å². The fourth-order valence-corrected chi connectivity index (χ4v) is 16.1. The summed E-state index contributed by atoms with van der Waals surface area (Å²) in [6, 6.07) is 109. The average molecular weight is 1190 g/mol. The van der Waals surface area contributed by atoms with Gasteiger partial charge in [0.15, 0.2) is 0 Å². The first-order valence-electron chi connectivity index (χ1n) is 31.6. The third-order valence-electron chi connectivity index (χ3n) is 19.1. The maximum absolute atomic E-state index is 6.90. The van der Waals surface area contributed by atoms with Crippen molar-refractivity contribution in [3.63, 3.8) is 0 Å². The second-order valence-electron chi connectivity index (χ2n) is 24.1. The second-order valence-corrected chi connectivity index (χ2v) is 25.2. The fourth-order valence-electron chi connectivity index (χ4n) is 15.0. The summed E-state index contributed by atoms with van der Waals surface area (Å²) >= 11 is 1.87. The van der Waals surface area contributed by atoms with E-state index in [4.69, 9.17) is 14.4 Å². The van der Waals surface area contributed by atoms with Crippen molar-refractivity contribution in [2.24, 2.45) is 0 Å². The van der Waals surface area contributed by atoms with Crippen molar-refractivity contribution < 1.29 is 4.42 Å². The van der Waals surface area contributed by atoms with E-state index in [1.54, 1.807) is 0 Å². The molecular weight excluding hydrogens is 1140 g/mol. The van der Waals surface area contributed by atoms with E-state index in [2.05, 4.69) is 313 Å². The molecule has 19 rings (SSSR count). The Morgan fingerprint density at radius 1 is 0.315 bits per heavy atom. The highest BCUT2D eigenvalue weighted by atomic mass is 32.1. The number of furan rings is 1. The molecule has 0 aliphatic rings. The molecule has 5 nitrogen and oxygen atoms in total. The number of para-hydroxylation sites is 6. The second kappa shape index (κ2) is 20.7. The molecule has 4 aromatic heterocycles. The van der Waals surface area contributed by atoms with Crippen LogP contribution in [0, 0.1) is 0 Å². The average Bonchev–Trinajstić information content (AvgIpc) is 0.776. The minimum Gasteiger partial charge on any atom is -0.455 e. The molecule has 0 atom stereocenters. The third kappa shape index (κ3) is 8.04. The van der Waals surface area contributed by atoms with Gasteiger partial charge < -0.3 is 4.42 Å². The van der Waals surface area contributed by atoms with Crippen molar-refractivity contribution in [3.05, 3.63) is 303 Å². The molecular formula is C86H54N4OS. The molecule has 0 bridgehead atoms. The van der Waals surface area contributed by atoms with Gasteiger partial charge in [0, 0.05) is 65.4 Å². The summed E-state index contributed by atoms with van der Waals surface area (Å²) in [5.74, 6) is 1.95. The number of aryl methyl sites for hydroxylation is 1. The molecule has 92 heavy (non-hydrogen) atoms. The first-order chi connectivity index (χ1) is 45.6. The Labute approximate surface area is 533 Å². The van der Waals surface area contributed by atoms with Crippen LogP contribution in [-0.2, 0) is 6.42 Å². The summed E-state index contributed by atoms with van der Waals surface area (Å²) < 4.78 is 14.1. The molecule has 6 heteroatoms. The molecule has 0 amide bonds. The van der Waals surface area contributed by atoms with Crippen LogP contribution < -0.4 is 0 Å². The first kappa shape index (κ1) is 52.3. The summed E-state index contributed by atoms with van der Waals surface area (Å²) in [4.78, 5) is 10.3. The molecule has 0 spiro atoms. The quantitative estimate of drug-likeness (QED) is 0.135. The topological polar surface area (TPSA) is 48.8 Å². The molecule has 0 N–H and O–H groups in total. The van der Waals surface area contributed by atoms with Gasteiger partial charge in [-0.05, 0) is 166 Å². The van der Waals surface area contributed by atoms with Crippen LogP contribution in [0.25, 0.3) is 186 Å². The molecule has 0 aliphatic carbocycles. The van der Waals surface area contributed by atoms with Gasteiger partial charge in [0.05, 0.1) is 22.1 Å². The van der Waals surface area contributed by atoms with Crippen molar-refractivity contribution in [1.82, 2.24) is 19.1 Å². The Morgan fingerprint density at radius 3 is 1.45 bits per heavy atom. The van der Waals surface area contributed by atoms with E-state index < -0.39 is 0 Å². The van der Waals surface area contributed by atoms with E-state index in [1.807, 2.05) is 11.3 Å². The van der Waals surface area contributed by atoms with Crippen LogP contribution in [0.5, 0.6) is 0 Å². The van der Waals surface area contributed by atoms with Crippen LogP contribution in [0.4, 0.5) is 0 Å². The van der Waals surface area contributed by atoms with Gasteiger partial charge in [0.1, 0.15) is 22.8 Å². The number of thiophene rings is 1. The summed E-state index contributed by atoms with van der Waals surface area (Å²) in [5, 5.41) is 14.3. The lowest BCUT2D eigenvalue weighted by molar-refractivity contribution is 0.670. The van der Waals surface area contributed by atoms with E-state index in [-0.39, 0.29) is 0 Å². The van der Waals surface area contributed by atoms with Crippen LogP contribution in [0.1, 0.15) is 12.7 Å². The zero-order chi connectivity index (χ0) is 60.5. The van der Waals surface area contributed by atoms with Crippen LogP contribution in [0.3, 0.4) is 0 Å². The largest absolute Gasteiger partial charge is 0.455 e. The molecule has 4 heterocycles. The van der Waals surface area contributed by atoms with Gasteiger partial charge in [-0.1, -0.05) is 225 Å². The van der Waals surface area contributed by atoms with E-state index in [0.717, 1.165) is 134 Å². The van der Waals surface area contributed by atoms with Crippen LogP contribution in [-0.4, -0.2) is 19.1 Å². The van der Waals surface area contributed by atoms with Gasteiger partial charge in [-0.15, -0.1) is 11.3 Å². The van der Waals surface area contributed by atoms with Crippen LogP contribution in [0.2, 0.25) is 0 Å². The molecule has 15 aromatic carbocycles. The van der Waals surface area contributed by atoms with Gasteiger partial charge in [-0.25, -0.2) is 9.97 Å². The number of benzene rings is 15. The molecule has 0 fully saturated rings. The Morgan fingerprint density at radius 2 is 0.783 bits per heavy atom. The van der Waals surface area contributed by atoms with Crippen molar-refractivity contribution in [1.29, 1.82) is 0 Å². The number of rotatable bonds is 9. The summed E-state index contributed by atoms with van der Waals surface area (Å²) in [7, 11) is 0. The Hall–Kier alpha value is -11.7. The normalized spacial score (nSPS) is 12.0. The lowest BCUT2D eigenvalue weighted by Gasteiger charge is -2.20. The maximum Gasteiger partial charge on any atom is 0.145 e. The highest BCUT2D eigenvalue weighted by Gasteiger charge is 2.24. The van der Waals surface area contributed by atoms with E-state index in [9.17, 15) is 0 Å². The predicted molar refractivity (Wildman–Crippen MR) is 388 cm³/mol. The zero-order valence-corrected chi connectivity index (χ0v) is 50.9. The van der Waals surface area contributed by atoms with Gasteiger partial charge in [0.2, 0.25) is 0 Å².